The second-order valence-corrected chi connectivity index (χ2v) is 8.46. The maximum absolute atomic E-state index is 12.6. The molecule has 1 N–H and O–H groups in total. The minimum atomic E-state index is -3.66. The third-order valence-electron chi connectivity index (χ3n) is 4.46. The van der Waals surface area contributed by atoms with Crippen LogP contribution in [0.5, 0.6) is 0 Å². The molecule has 0 radical (unpaired) electrons. The molecule has 1 fully saturated rings. The second kappa shape index (κ2) is 6.87. The van der Waals surface area contributed by atoms with E-state index in [4.69, 9.17) is 9.15 Å². The summed E-state index contributed by atoms with van der Waals surface area (Å²) in [7, 11) is -3.66. The van der Waals surface area contributed by atoms with Gasteiger partial charge in [0, 0.05) is 36.6 Å². The van der Waals surface area contributed by atoms with Crippen molar-refractivity contribution in [1.82, 2.24) is 9.62 Å². The van der Waals surface area contributed by atoms with Crippen LogP contribution in [-0.2, 0) is 14.8 Å². The fraction of sp³-hybridized carbons (Fsp3) is 0.471. The molecule has 1 aliphatic heterocycles. The number of ether oxygens (including phenoxy) is 1. The smallest absolute Gasteiger partial charge is 0.336 e. The second-order valence-electron chi connectivity index (χ2n) is 6.69. The quantitative estimate of drug-likeness (QED) is 0.800. The Morgan fingerprint density at radius 2 is 1.88 bits per heavy atom. The van der Waals surface area contributed by atoms with Gasteiger partial charge in [0.25, 0.3) is 0 Å². The van der Waals surface area contributed by atoms with Gasteiger partial charge in [0.05, 0.1) is 18.1 Å². The number of fused-ring (bicyclic) bond motifs is 1. The number of hydrogen-bond acceptors (Lipinski definition) is 6. The lowest BCUT2D eigenvalue weighted by atomic mass is 10.0. The number of rotatable bonds is 5. The standard InChI is InChI=1S/C17H22N2O5S/c1-17(2,19-7-9-23-10-8-19)12-18-25(21,22)14-4-5-15-13(11-14)3-6-16(20)24-15/h3-6,11,18H,7-10,12H2,1-2H3. The fourth-order valence-electron chi connectivity index (χ4n) is 2.85. The van der Waals surface area contributed by atoms with E-state index in [1.165, 1.54) is 24.3 Å². The third-order valence-corrected chi connectivity index (χ3v) is 5.86. The predicted molar refractivity (Wildman–Crippen MR) is 94.1 cm³/mol. The van der Waals surface area contributed by atoms with Gasteiger partial charge in [-0.25, -0.2) is 17.9 Å². The molecule has 0 atom stereocenters. The zero-order chi connectivity index (χ0) is 18.1. The molecule has 3 rings (SSSR count). The Morgan fingerprint density at radius 1 is 1.16 bits per heavy atom. The zero-order valence-corrected chi connectivity index (χ0v) is 15.1. The Morgan fingerprint density at radius 3 is 2.60 bits per heavy atom. The average Bonchev–Trinajstić information content (AvgIpc) is 2.60. The lowest BCUT2D eigenvalue weighted by molar-refractivity contribution is -0.00803. The van der Waals surface area contributed by atoms with Gasteiger partial charge in [-0.3, -0.25) is 4.90 Å². The molecule has 136 valence electrons. The summed E-state index contributed by atoms with van der Waals surface area (Å²) >= 11 is 0. The summed E-state index contributed by atoms with van der Waals surface area (Å²) in [6.45, 7) is 7.19. The molecular weight excluding hydrogens is 344 g/mol. The highest BCUT2D eigenvalue weighted by atomic mass is 32.2. The highest BCUT2D eigenvalue weighted by Crippen LogP contribution is 2.20. The van der Waals surface area contributed by atoms with Gasteiger partial charge in [0.1, 0.15) is 5.58 Å². The Kier molecular flexibility index (Phi) is 4.97. The van der Waals surface area contributed by atoms with Gasteiger partial charge in [0.2, 0.25) is 10.0 Å². The number of nitrogens with zero attached hydrogens (tertiary/aromatic N) is 1. The van der Waals surface area contributed by atoms with Gasteiger partial charge in [-0.1, -0.05) is 0 Å². The van der Waals surface area contributed by atoms with Gasteiger partial charge in [-0.05, 0) is 38.1 Å². The van der Waals surface area contributed by atoms with Crippen LogP contribution in [0.15, 0.2) is 44.4 Å². The summed E-state index contributed by atoms with van der Waals surface area (Å²) in [5, 5.41) is 0.565. The summed E-state index contributed by atoms with van der Waals surface area (Å²) in [6, 6.07) is 7.27. The molecule has 1 saturated heterocycles. The molecule has 0 saturated carbocycles. The number of benzene rings is 1. The molecule has 1 aliphatic rings. The molecule has 0 aliphatic carbocycles. The van der Waals surface area contributed by atoms with Gasteiger partial charge >= 0.3 is 5.63 Å². The van der Waals surface area contributed by atoms with Crippen molar-refractivity contribution in [3.05, 3.63) is 40.8 Å². The van der Waals surface area contributed by atoms with Gasteiger partial charge in [0.15, 0.2) is 0 Å². The molecule has 0 bridgehead atoms. The zero-order valence-electron chi connectivity index (χ0n) is 14.3. The van der Waals surface area contributed by atoms with E-state index in [0.29, 0.717) is 24.2 Å². The van der Waals surface area contributed by atoms with Crippen molar-refractivity contribution in [3.63, 3.8) is 0 Å². The molecule has 0 unspecified atom stereocenters. The minimum Gasteiger partial charge on any atom is -0.423 e. The van der Waals surface area contributed by atoms with Crippen LogP contribution in [0.2, 0.25) is 0 Å². The molecular formula is C17H22N2O5S. The molecule has 2 aromatic rings. The molecule has 8 heteroatoms. The Hall–Kier alpha value is -1.74. The normalized spacial score (nSPS) is 17.0. The predicted octanol–water partition coefficient (Wildman–Crippen LogP) is 1.18. The van der Waals surface area contributed by atoms with E-state index in [9.17, 15) is 13.2 Å². The first-order chi connectivity index (χ1) is 11.8. The maximum atomic E-state index is 12.6. The molecule has 25 heavy (non-hydrogen) atoms. The van der Waals surface area contributed by atoms with Crippen molar-refractivity contribution in [2.75, 3.05) is 32.8 Å². The Balaban J connectivity index is 1.77. The highest BCUT2D eigenvalue weighted by Gasteiger charge is 2.30. The summed E-state index contributed by atoms with van der Waals surface area (Å²) < 4.78 is 38.3. The number of hydrogen-bond donors (Lipinski definition) is 1. The number of morpholine rings is 1. The van der Waals surface area contributed by atoms with E-state index in [-0.39, 0.29) is 17.0 Å². The van der Waals surface area contributed by atoms with E-state index >= 15 is 0 Å². The van der Waals surface area contributed by atoms with Crippen LogP contribution >= 0.6 is 0 Å². The first-order valence-electron chi connectivity index (χ1n) is 8.14. The van der Waals surface area contributed by atoms with Gasteiger partial charge < -0.3 is 9.15 Å². The molecule has 1 aromatic carbocycles. The van der Waals surface area contributed by atoms with Crippen LogP contribution in [0.1, 0.15) is 13.8 Å². The van der Waals surface area contributed by atoms with Crippen LogP contribution in [0, 0.1) is 0 Å². The lowest BCUT2D eigenvalue weighted by Crippen LogP contribution is -2.55. The van der Waals surface area contributed by atoms with Crippen LogP contribution < -0.4 is 10.3 Å². The van der Waals surface area contributed by atoms with Crippen LogP contribution in [0.3, 0.4) is 0 Å². The van der Waals surface area contributed by atoms with E-state index in [1.54, 1.807) is 6.07 Å². The largest absolute Gasteiger partial charge is 0.423 e. The van der Waals surface area contributed by atoms with Gasteiger partial charge in [-0.2, -0.15) is 0 Å². The maximum Gasteiger partial charge on any atom is 0.336 e. The molecule has 2 heterocycles. The van der Waals surface area contributed by atoms with E-state index in [1.807, 2.05) is 13.8 Å². The highest BCUT2D eigenvalue weighted by molar-refractivity contribution is 7.89. The minimum absolute atomic E-state index is 0.145. The van der Waals surface area contributed by atoms with Crippen molar-refractivity contribution in [1.29, 1.82) is 0 Å². The molecule has 0 spiro atoms. The first kappa shape index (κ1) is 18.1. The fourth-order valence-corrected chi connectivity index (χ4v) is 4.09. The average molecular weight is 366 g/mol. The van der Waals surface area contributed by atoms with Crippen LogP contribution in [-0.4, -0.2) is 51.7 Å². The first-order valence-corrected chi connectivity index (χ1v) is 9.63. The van der Waals surface area contributed by atoms with Crippen LogP contribution in [0.25, 0.3) is 11.0 Å². The van der Waals surface area contributed by atoms with Crippen LogP contribution in [0.4, 0.5) is 0 Å². The SMILES string of the molecule is CC(C)(CNS(=O)(=O)c1ccc2oc(=O)ccc2c1)N1CCOCC1. The summed E-state index contributed by atoms with van der Waals surface area (Å²) in [5.41, 5.74) is -0.422. The van der Waals surface area contributed by atoms with Crippen molar-refractivity contribution in [2.45, 2.75) is 24.3 Å². The van der Waals surface area contributed by atoms with E-state index in [0.717, 1.165) is 13.1 Å². The summed E-state index contributed by atoms with van der Waals surface area (Å²) in [5.74, 6) is 0. The Labute approximate surface area is 146 Å². The van der Waals surface area contributed by atoms with Crippen molar-refractivity contribution in [3.8, 4) is 0 Å². The molecule has 1 aromatic heterocycles. The molecule has 0 amide bonds. The molecule has 7 nitrogen and oxygen atoms in total. The Bertz CT molecular complexity index is 914. The lowest BCUT2D eigenvalue weighted by Gasteiger charge is -2.40. The van der Waals surface area contributed by atoms with Crippen molar-refractivity contribution >= 4 is 21.0 Å². The van der Waals surface area contributed by atoms with E-state index in [2.05, 4.69) is 9.62 Å². The monoisotopic (exact) mass is 366 g/mol. The van der Waals surface area contributed by atoms with Crippen molar-refractivity contribution in [2.24, 2.45) is 0 Å². The summed E-state index contributed by atoms with van der Waals surface area (Å²) in [6.07, 6.45) is 0. The van der Waals surface area contributed by atoms with Crippen molar-refractivity contribution < 1.29 is 17.6 Å². The topological polar surface area (TPSA) is 88.8 Å². The summed E-state index contributed by atoms with van der Waals surface area (Å²) in [4.78, 5) is 13.6. The third kappa shape index (κ3) is 4.09. The number of nitrogens with one attached hydrogen (secondary N) is 1. The van der Waals surface area contributed by atoms with Gasteiger partial charge in [-0.15, -0.1) is 0 Å². The van der Waals surface area contributed by atoms with E-state index < -0.39 is 15.6 Å². The number of sulfonamides is 1.